The van der Waals surface area contributed by atoms with Crippen molar-refractivity contribution >= 4 is 27.5 Å². The number of hydrogen-bond donors (Lipinski definition) is 1. The van der Waals surface area contributed by atoms with Gasteiger partial charge in [0.05, 0.1) is 11.4 Å². The fourth-order valence-corrected chi connectivity index (χ4v) is 2.79. The van der Waals surface area contributed by atoms with Crippen LogP contribution >= 0.6 is 27.5 Å². The molecule has 5 heteroatoms. The van der Waals surface area contributed by atoms with Gasteiger partial charge in [-0.25, -0.2) is 4.68 Å². The van der Waals surface area contributed by atoms with Crippen molar-refractivity contribution in [1.29, 1.82) is 0 Å². The molecule has 0 saturated carbocycles. The molecule has 0 spiro atoms. The van der Waals surface area contributed by atoms with Gasteiger partial charge in [0, 0.05) is 10.6 Å². The molecule has 1 aromatic carbocycles. The molecule has 0 atom stereocenters. The lowest BCUT2D eigenvalue weighted by molar-refractivity contribution is 0.844. The van der Waals surface area contributed by atoms with Crippen molar-refractivity contribution in [3.05, 3.63) is 44.6 Å². The van der Waals surface area contributed by atoms with E-state index in [1.807, 2.05) is 36.7 Å². The molecule has 0 aliphatic heterocycles. The Kier molecular flexibility index (Phi) is 4.10. The maximum atomic E-state index is 6.15. The Balaban J connectivity index is 2.50. The summed E-state index contributed by atoms with van der Waals surface area (Å²) in [5, 5.41) is 5.27. The Morgan fingerprint density at radius 2 is 2.11 bits per heavy atom. The van der Waals surface area contributed by atoms with E-state index < -0.39 is 0 Å². The van der Waals surface area contributed by atoms with E-state index in [9.17, 15) is 0 Å². The molecule has 0 radical (unpaired) electrons. The third-order valence-electron chi connectivity index (χ3n) is 2.92. The van der Waals surface area contributed by atoms with Crippen molar-refractivity contribution in [2.75, 3.05) is 6.54 Å². The van der Waals surface area contributed by atoms with E-state index in [-0.39, 0.29) is 0 Å². The number of aryl methyl sites for hydroxylation is 2. The van der Waals surface area contributed by atoms with Crippen molar-refractivity contribution in [3.8, 4) is 5.69 Å². The molecule has 1 aromatic heterocycles. The Morgan fingerprint density at radius 1 is 1.39 bits per heavy atom. The van der Waals surface area contributed by atoms with Gasteiger partial charge in [-0.15, -0.1) is 0 Å². The van der Waals surface area contributed by atoms with Crippen LogP contribution < -0.4 is 5.73 Å². The zero-order valence-electron chi connectivity index (χ0n) is 10.4. The average molecular weight is 329 g/mol. The lowest BCUT2D eigenvalue weighted by Gasteiger charge is -2.06. The van der Waals surface area contributed by atoms with Gasteiger partial charge in [-0.2, -0.15) is 5.10 Å². The molecule has 0 aliphatic carbocycles. The van der Waals surface area contributed by atoms with Crippen LogP contribution in [0.5, 0.6) is 0 Å². The van der Waals surface area contributed by atoms with E-state index in [1.165, 1.54) is 0 Å². The third kappa shape index (κ3) is 2.46. The van der Waals surface area contributed by atoms with Crippen LogP contribution in [-0.4, -0.2) is 16.3 Å². The van der Waals surface area contributed by atoms with Gasteiger partial charge >= 0.3 is 0 Å². The van der Waals surface area contributed by atoms with E-state index in [4.69, 9.17) is 17.3 Å². The molecule has 0 amide bonds. The zero-order valence-corrected chi connectivity index (χ0v) is 12.7. The van der Waals surface area contributed by atoms with E-state index >= 15 is 0 Å². The molecule has 0 unspecified atom stereocenters. The van der Waals surface area contributed by atoms with Crippen LogP contribution in [0.3, 0.4) is 0 Å². The highest BCUT2D eigenvalue weighted by atomic mass is 79.9. The molecule has 2 aromatic rings. The predicted molar refractivity (Wildman–Crippen MR) is 78.5 cm³/mol. The second-order valence-electron chi connectivity index (χ2n) is 4.24. The van der Waals surface area contributed by atoms with Gasteiger partial charge in [0.25, 0.3) is 0 Å². The molecule has 2 N–H and O–H groups in total. The monoisotopic (exact) mass is 327 g/mol. The van der Waals surface area contributed by atoms with Crippen molar-refractivity contribution in [3.63, 3.8) is 0 Å². The highest BCUT2D eigenvalue weighted by Crippen LogP contribution is 2.26. The minimum atomic E-state index is 0.611. The molecule has 18 heavy (non-hydrogen) atoms. The second-order valence-corrected chi connectivity index (χ2v) is 5.40. The predicted octanol–water partition coefficient (Wildman–Crippen LogP) is 3.41. The number of aromatic nitrogens is 2. The number of hydrogen-bond acceptors (Lipinski definition) is 2. The molecular weight excluding hydrogens is 314 g/mol. The Hall–Kier alpha value is -0.840. The average Bonchev–Trinajstić information content (AvgIpc) is 2.61. The van der Waals surface area contributed by atoms with Gasteiger partial charge in [0.2, 0.25) is 0 Å². The quantitative estimate of drug-likeness (QED) is 0.938. The summed E-state index contributed by atoms with van der Waals surface area (Å²) in [4.78, 5) is 0. The molecule has 0 saturated heterocycles. The number of nitrogens with zero attached hydrogens (tertiary/aromatic N) is 2. The van der Waals surface area contributed by atoms with Crippen LogP contribution in [0, 0.1) is 13.8 Å². The summed E-state index contributed by atoms with van der Waals surface area (Å²) in [7, 11) is 0. The van der Waals surface area contributed by atoms with Crippen LogP contribution in [0.1, 0.15) is 16.8 Å². The lowest BCUT2D eigenvalue weighted by Crippen LogP contribution is -2.03. The summed E-state index contributed by atoms with van der Waals surface area (Å²) in [6, 6.07) is 5.91. The molecule has 0 fully saturated rings. The first-order valence-corrected chi connectivity index (χ1v) is 6.92. The maximum Gasteiger partial charge on any atom is 0.113 e. The van der Waals surface area contributed by atoms with Crippen LogP contribution in [0.4, 0.5) is 0 Å². The number of rotatable bonds is 3. The summed E-state index contributed by atoms with van der Waals surface area (Å²) >= 11 is 9.73. The molecule has 0 bridgehead atoms. The first-order chi connectivity index (χ1) is 8.54. The van der Waals surface area contributed by atoms with Gasteiger partial charge < -0.3 is 5.73 Å². The Morgan fingerprint density at radius 3 is 2.72 bits per heavy atom. The van der Waals surface area contributed by atoms with Gasteiger partial charge in [0.1, 0.15) is 4.60 Å². The minimum absolute atomic E-state index is 0.611. The topological polar surface area (TPSA) is 43.8 Å². The smallest absolute Gasteiger partial charge is 0.113 e. The van der Waals surface area contributed by atoms with Gasteiger partial charge in [-0.1, -0.05) is 17.7 Å². The molecule has 3 nitrogen and oxygen atoms in total. The van der Waals surface area contributed by atoms with Gasteiger partial charge in [-0.05, 0) is 60.4 Å². The lowest BCUT2D eigenvalue weighted by atomic mass is 10.2. The first kappa shape index (κ1) is 13.6. The largest absolute Gasteiger partial charge is 0.330 e. The molecular formula is C13H15BrClN3. The SMILES string of the molecule is Cc1ccc(-n2nc(C)c(CCN)c2Br)cc1Cl. The summed E-state index contributed by atoms with van der Waals surface area (Å²) < 4.78 is 2.80. The molecule has 0 aliphatic rings. The fraction of sp³-hybridized carbons (Fsp3) is 0.308. The van der Waals surface area contributed by atoms with Crippen LogP contribution in [0.25, 0.3) is 5.69 Å². The normalized spacial score (nSPS) is 10.9. The van der Waals surface area contributed by atoms with Crippen molar-refractivity contribution < 1.29 is 0 Å². The first-order valence-electron chi connectivity index (χ1n) is 5.75. The Labute approximate surface area is 120 Å². The van der Waals surface area contributed by atoms with E-state index in [2.05, 4.69) is 21.0 Å². The van der Waals surface area contributed by atoms with Gasteiger partial charge in [0.15, 0.2) is 0 Å². The van der Waals surface area contributed by atoms with E-state index in [0.29, 0.717) is 6.54 Å². The summed E-state index contributed by atoms with van der Waals surface area (Å²) in [5.74, 6) is 0. The highest BCUT2D eigenvalue weighted by Gasteiger charge is 2.13. The molecule has 1 heterocycles. The fourth-order valence-electron chi connectivity index (χ4n) is 1.84. The van der Waals surface area contributed by atoms with Crippen molar-refractivity contribution in [2.24, 2.45) is 5.73 Å². The molecule has 96 valence electrons. The summed E-state index contributed by atoms with van der Waals surface area (Å²) in [6.07, 6.45) is 0.812. The standard InChI is InChI=1S/C13H15BrClN3/c1-8-3-4-10(7-12(8)15)18-13(14)11(5-6-16)9(2)17-18/h3-4,7H,5-6,16H2,1-2H3. The highest BCUT2D eigenvalue weighted by molar-refractivity contribution is 9.10. The van der Waals surface area contributed by atoms with Crippen molar-refractivity contribution in [2.45, 2.75) is 20.3 Å². The number of nitrogens with two attached hydrogens (primary N) is 1. The van der Waals surface area contributed by atoms with Crippen molar-refractivity contribution in [1.82, 2.24) is 9.78 Å². The number of benzene rings is 1. The summed E-state index contributed by atoms with van der Waals surface area (Å²) in [6.45, 7) is 4.58. The van der Waals surface area contributed by atoms with Gasteiger partial charge in [-0.3, -0.25) is 0 Å². The molecule has 2 rings (SSSR count). The third-order valence-corrected chi connectivity index (χ3v) is 4.14. The van der Waals surface area contributed by atoms with Crippen LogP contribution in [-0.2, 0) is 6.42 Å². The van der Waals surface area contributed by atoms with Crippen LogP contribution in [0.15, 0.2) is 22.8 Å². The van der Waals surface area contributed by atoms with E-state index in [1.54, 1.807) is 0 Å². The second kappa shape index (κ2) is 5.43. The zero-order chi connectivity index (χ0) is 13.3. The maximum absolute atomic E-state index is 6.15. The summed E-state index contributed by atoms with van der Waals surface area (Å²) in [5.41, 5.74) is 9.75. The van der Waals surface area contributed by atoms with Crippen LogP contribution in [0.2, 0.25) is 5.02 Å². The minimum Gasteiger partial charge on any atom is -0.330 e. The van der Waals surface area contributed by atoms with E-state index in [0.717, 1.165) is 38.6 Å². The number of halogens is 2. The Bertz CT molecular complexity index is 578.